The van der Waals surface area contributed by atoms with E-state index in [-0.39, 0.29) is 11.1 Å². The number of anilines is 1. The van der Waals surface area contributed by atoms with Gasteiger partial charge in [-0.3, -0.25) is 5.43 Å². The van der Waals surface area contributed by atoms with E-state index in [4.69, 9.17) is 15.5 Å². The molecule has 4 saturated carbocycles. The summed E-state index contributed by atoms with van der Waals surface area (Å²) < 4.78 is 5.77. The van der Waals surface area contributed by atoms with E-state index in [1.807, 2.05) is 0 Å². The van der Waals surface area contributed by atoms with Gasteiger partial charge in [0.25, 0.3) is 0 Å². The lowest BCUT2D eigenvalue weighted by molar-refractivity contribution is -0.0174. The smallest absolute Gasteiger partial charge is 0.246 e. The Morgan fingerprint density at radius 2 is 1.79 bits per heavy atom. The number of hydrogen-bond acceptors (Lipinski definition) is 5. The number of oxazole rings is 1. The molecule has 4 aliphatic rings. The number of hydrogen-bond donors (Lipinski definition) is 2. The van der Waals surface area contributed by atoms with Crippen molar-refractivity contribution in [2.24, 2.45) is 23.6 Å². The third-order valence-corrected chi connectivity index (χ3v) is 5.36. The van der Waals surface area contributed by atoms with Gasteiger partial charge in [0.1, 0.15) is 6.07 Å². The van der Waals surface area contributed by atoms with Crippen LogP contribution in [0.4, 0.5) is 5.88 Å². The fraction of sp³-hybridized carbons (Fsp3) is 0.714. The molecule has 0 saturated heterocycles. The summed E-state index contributed by atoms with van der Waals surface area (Å²) in [5.74, 6) is 8.95. The lowest BCUT2D eigenvalue weighted by Crippen LogP contribution is -2.48. The van der Waals surface area contributed by atoms with Gasteiger partial charge in [-0.25, -0.2) is 5.84 Å². The van der Waals surface area contributed by atoms with E-state index < -0.39 is 0 Å². The van der Waals surface area contributed by atoms with Gasteiger partial charge in [0.2, 0.25) is 17.5 Å². The summed E-state index contributed by atoms with van der Waals surface area (Å²) in [4.78, 5) is 4.42. The monoisotopic (exact) mass is 258 g/mol. The van der Waals surface area contributed by atoms with Gasteiger partial charge in [-0.05, 0) is 56.3 Å². The van der Waals surface area contributed by atoms with Crippen molar-refractivity contribution in [2.45, 2.75) is 43.9 Å². The van der Waals surface area contributed by atoms with E-state index in [0.717, 1.165) is 23.6 Å². The maximum absolute atomic E-state index is 9.08. The maximum atomic E-state index is 9.08. The molecule has 0 aromatic carbocycles. The topological polar surface area (TPSA) is 87.9 Å². The van der Waals surface area contributed by atoms with Gasteiger partial charge in [0.15, 0.2) is 0 Å². The van der Waals surface area contributed by atoms with Gasteiger partial charge in [-0.15, -0.1) is 0 Å². The zero-order valence-corrected chi connectivity index (χ0v) is 10.9. The fourth-order valence-electron chi connectivity index (χ4n) is 5.09. The molecule has 1 aromatic heterocycles. The molecule has 5 nitrogen and oxygen atoms in total. The maximum Gasteiger partial charge on any atom is 0.246 e. The predicted molar refractivity (Wildman–Crippen MR) is 68.9 cm³/mol. The van der Waals surface area contributed by atoms with Crippen molar-refractivity contribution < 1.29 is 4.42 Å². The Bertz CT molecular complexity index is 521. The van der Waals surface area contributed by atoms with Crippen LogP contribution in [0.25, 0.3) is 0 Å². The van der Waals surface area contributed by atoms with Crippen molar-refractivity contribution in [3.8, 4) is 6.07 Å². The second-order valence-electron chi connectivity index (χ2n) is 6.65. The molecule has 3 N–H and O–H groups in total. The number of hydrazine groups is 1. The van der Waals surface area contributed by atoms with Gasteiger partial charge in [0.05, 0.1) is 0 Å². The molecule has 0 unspecified atom stereocenters. The van der Waals surface area contributed by atoms with Crippen molar-refractivity contribution in [1.82, 2.24) is 4.98 Å². The molecule has 5 heteroatoms. The Kier molecular flexibility index (Phi) is 2.22. The molecule has 1 aromatic rings. The minimum atomic E-state index is 0.0788. The largest absolute Gasteiger partial charge is 0.422 e. The highest BCUT2D eigenvalue weighted by molar-refractivity contribution is 5.45. The summed E-state index contributed by atoms with van der Waals surface area (Å²) >= 11 is 0. The van der Waals surface area contributed by atoms with Crippen molar-refractivity contribution in [3.63, 3.8) is 0 Å². The van der Waals surface area contributed by atoms with E-state index >= 15 is 0 Å². The third-order valence-electron chi connectivity index (χ3n) is 5.36. The van der Waals surface area contributed by atoms with E-state index in [1.54, 1.807) is 0 Å². The number of aromatic nitrogens is 1. The lowest BCUT2D eigenvalue weighted by Gasteiger charge is -2.55. The first-order chi connectivity index (χ1) is 9.22. The highest BCUT2D eigenvalue weighted by Crippen LogP contribution is 2.60. The average Bonchev–Trinajstić information content (AvgIpc) is 2.81. The number of rotatable bonds is 2. The Hall–Kier alpha value is -1.54. The molecule has 4 bridgehead atoms. The molecule has 1 heterocycles. The Morgan fingerprint density at radius 3 is 2.21 bits per heavy atom. The average molecular weight is 258 g/mol. The summed E-state index contributed by atoms with van der Waals surface area (Å²) in [6.07, 6.45) is 7.67. The molecule has 19 heavy (non-hydrogen) atoms. The molecule has 4 fully saturated rings. The highest BCUT2D eigenvalue weighted by atomic mass is 16.4. The van der Waals surface area contributed by atoms with Crippen LogP contribution in [0.1, 0.15) is 50.1 Å². The van der Waals surface area contributed by atoms with Crippen LogP contribution in [0.3, 0.4) is 0 Å². The molecule has 0 radical (unpaired) electrons. The normalized spacial score (nSPS) is 39.3. The standard InChI is InChI=1S/C14H18N4O/c15-7-11-12(18-16)19-13(17-11)14-4-8-1-9(5-14)3-10(2-8)6-14/h8-10,18H,1-6,16H2. The fourth-order valence-corrected chi connectivity index (χ4v) is 5.09. The van der Waals surface area contributed by atoms with Gasteiger partial charge in [-0.2, -0.15) is 10.2 Å². The van der Waals surface area contributed by atoms with Crippen LogP contribution in [0.2, 0.25) is 0 Å². The van der Waals surface area contributed by atoms with Gasteiger partial charge in [0, 0.05) is 5.41 Å². The minimum Gasteiger partial charge on any atom is -0.422 e. The van der Waals surface area contributed by atoms with E-state index in [2.05, 4.69) is 16.5 Å². The minimum absolute atomic E-state index is 0.0788. The molecule has 100 valence electrons. The second-order valence-corrected chi connectivity index (χ2v) is 6.65. The molecular weight excluding hydrogens is 240 g/mol. The molecule has 0 spiro atoms. The molecule has 0 aliphatic heterocycles. The van der Waals surface area contributed by atoms with Gasteiger partial charge < -0.3 is 4.42 Å². The Morgan fingerprint density at radius 1 is 1.21 bits per heavy atom. The molecular formula is C14H18N4O. The highest BCUT2D eigenvalue weighted by Gasteiger charge is 2.54. The van der Waals surface area contributed by atoms with Crippen molar-refractivity contribution in [2.75, 3.05) is 5.43 Å². The summed E-state index contributed by atoms with van der Waals surface area (Å²) in [7, 11) is 0. The van der Waals surface area contributed by atoms with Crippen LogP contribution in [0.15, 0.2) is 4.42 Å². The van der Waals surface area contributed by atoms with Gasteiger partial charge >= 0.3 is 0 Å². The summed E-state index contributed by atoms with van der Waals surface area (Å²) in [5, 5.41) is 9.08. The predicted octanol–water partition coefficient (Wildman–Crippen LogP) is 2.30. The van der Waals surface area contributed by atoms with Crippen LogP contribution in [0.5, 0.6) is 0 Å². The Labute approximate surface area is 112 Å². The van der Waals surface area contributed by atoms with Gasteiger partial charge in [-0.1, -0.05) is 0 Å². The third kappa shape index (κ3) is 1.53. The molecule has 0 amide bonds. The zero-order chi connectivity index (χ0) is 13.0. The first-order valence-corrected chi connectivity index (χ1v) is 7.10. The number of nitriles is 1. The van der Waals surface area contributed by atoms with Crippen molar-refractivity contribution >= 4 is 5.88 Å². The molecule has 4 aliphatic carbocycles. The van der Waals surface area contributed by atoms with Crippen molar-refractivity contribution in [3.05, 3.63) is 11.6 Å². The number of nitrogens with one attached hydrogen (secondary N) is 1. The van der Waals surface area contributed by atoms with Crippen LogP contribution >= 0.6 is 0 Å². The van der Waals surface area contributed by atoms with Crippen LogP contribution < -0.4 is 11.3 Å². The zero-order valence-electron chi connectivity index (χ0n) is 10.9. The SMILES string of the molecule is N#Cc1nc(C23CC4CC(CC(C4)C2)C3)oc1NN. The summed E-state index contributed by atoms with van der Waals surface area (Å²) in [6, 6.07) is 2.05. The number of nitrogens with zero attached hydrogens (tertiary/aromatic N) is 2. The van der Waals surface area contributed by atoms with Crippen LogP contribution in [-0.4, -0.2) is 4.98 Å². The second kappa shape index (κ2) is 3.73. The van der Waals surface area contributed by atoms with E-state index in [9.17, 15) is 0 Å². The summed E-state index contributed by atoms with van der Waals surface area (Å²) in [5.41, 5.74) is 2.81. The van der Waals surface area contributed by atoms with Crippen molar-refractivity contribution in [1.29, 1.82) is 5.26 Å². The Balaban J connectivity index is 1.75. The lowest BCUT2D eigenvalue weighted by atomic mass is 9.49. The quantitative estimate of drug-likeness (QED) is 0.627. The summed E-state index contributed by atoms with van der Waals surface area (Å²) in [6.45, 7) is 0. The van der Waals surface area contributed by atoms with Crippen LogP contribution in [-0.2, 0) is 5.41 Å². The van der Waals surface area contributed by atoms with Crippen LogP contribution in [0, 0.1) is 29.1 Å². The first kappa shape index (κ1) is 11.3. The molecule has 0 atom stereocenters. The number of nitrogen functional groups attached to an aromatic ring is 1. The van der Waals surface area contributed by atoms with E-state index in [1.165, 1.54) is 38.5 Å². The molecule has 5 rings (SSSR count). The van der Waals surface area contributed by atoms with E-state index in [0.29, 0.717) is 5.88 Å². The number of nitrogens with two attached hydrogens (primary N) is 1. The first-order valence-electron chi connectivity index (χ1n) is 7.10.